The molecular weight excluding hydrogens is 152 g/mol. The van der Waals surface area contributed by atoms with Crippen LogP contribution in [-0.4, -0.2) is 24.5 Å². The standard InChI is InChI=1S/C6H15N.C2HN3/c1-4-7(5-2)6-3;3-1-5-2-4/h4-6H2,1-3H3;5H. The summed E-state index contributed by atoms with van der Waals surface area (Å²) in [6, 6.07) is 0. The smallest absolute Gasteiger partial charge is 0.190 e. The van der Waals surface area contributed by atoms with Gasteiger partial charge >= 0.3 is 0 Å². The summed E-state index contributed by atoms with van der Waals surface area (Å²) in [5.41, 5.74) is 0. The Morgan fingerprint density at radius 2 is 1.33 bits per heavy atom. The van der Waals surface area contributed by atoms with Crippen molar-refractivity contribution in [1.82, 2.24) is 10.2 Å². The van der Waals surface area contributed by atoms with Crippen LogP contribution in [0.5, 0.6) is 0 Å². The van der Waals surface area contributed by atoms with Crippen molar-refractivity contribution in [3.05, 3.63) is 0 Å². The monoisotopic (exact) mass is 168 g/mol. The zero-order valence-electron chi connectivity index (χ0n) is 7.96. The van der Waals surface area contributed by atoms with Gasteiger partial charge < -0.3 is 4.90 Å². The predicted octanol–water partition coefficient (Wildman–Crippen LogP) is 0.886. The Bertz CT molecular complexity index is 132. The minimum atomic E-state index is 1.19. The van der Waals surface area contributed by atoms with Gasteiger partial charge in [-0.05, 0) is 19.6 Å². The molecule has 0 amide bonds. The lowest BCUT2D eigenvalue weighted by Crippen LogP contribution is -2.21. The molecule has 0 spiro atoms. The number of hydrogen-bond donors (Lipinski definition) is 1. The fourth-order valence-electron chi connectivity index (χ4n) is 0.696. The SMILES string of the molecule is CCN(CC)CC.N#CNC#N. The molecule has 0 heterocycles. The van der Waals surface area contributed by atoms with Crippen LogP contribution < -0.4 is 5.32 Å². The average molecular weight is 168 g/mol. The Morgan fingerprint density at radius 1 is 1.00 bits per heavy atom. The summed E-state index contributed by atoms with van der Waals surface area (Å²) in [6.07, 6.45) is 2.81. The van der Waals surface area contributed by atoms with Gasteiger partial charge in [0.15, 0.2) is 12.4 Å². The van der Waals surface area contributed by atoms with Crippen molar-refractivity contribution in [1.29, 1.82) is 10.5 Å². The number of nitrogens with zero attached hydrogens (tertiary/aromatic N) is 3. The van der Waals surface area contributed by atoms with E-state index in [1.54, 1.807) is 5.32 Å². The van der Waals surface area contributed by atoms with Crippen molar-refractivity contribution in [3.8, 4) is 12.4 Å². The Labute approximate surface area is 74.4 Å². The van der Waals surface area contributed by atoms with Crippen molar-refractivity contribution in [2.45, 2.75) is 20.8 Å². The molecule has 0 aromatic carbocycles. The van der Waals surface area contributed by atoms with E-state index in [0.29, 0.717) is 0 Å². The topological polar surface area (TPSA) is 62.9 Å². The Kier molecular flexibility index (Phi) is 13.8. The number of hydrogen-bond acceptors (Lipinski definition) is 4. The summed E-state index contributed by atoms with van der Waals surface area (Å²) >= 11 is 0. The molecule has 0 rings (SSSR count). The van der Waals surface area contributed by atoms with Crippen LogP contribution in [0, 0.1) is 22.9 Å². The lowest BCUT2D eigenvalue weighted by molar-refractivity contribution is 0.321. The maximum atomic E-state index is 7.48. The molecule has 0 aliphatic carbocycles. The first kappa shape index (κ1) is 13.3. The van der Waals surface area contributed by atoms with Gasteiger partial charge in [0.25, 0.3) is 0 Å². The van der Waals surface area contributed by atoms with Gasteiger partial charge in [-0.3, -0.25) is 0 Å². The van der Waals surface area contributed by atoms with Gasteiger partial charge in [-0.15, -0.1) is 0 Å². The van der Waals surface area contributed by atoms with Crippen LogP contribution in [0.25, 0.3) is 0 Å². The molecule has 0 saturated heterocycles. The summed E-state index contributed by atoms with van der Waals surface area (Å²) in [5, 5.41) is 16.7. The highest BCUT2D eigenvalue weighted by Gasteiger charge is 1.89. The Hall–Kier alpha value is -1.26. The second-order valence-electron chi connectivity index (χ2n) is 1.97. The summed E-state index contributed by atoms with van der Waals surface area (Å²) < 4.78 is 0. The normalized spacial score (nSPS) is 7.50. The molecule has 0 bridgehead atoms. The number of nitriles is 2. The fraction of sp³-hybridized carbons (Fsp3) is 0.750. The molecule has 0 unspecified atom stereocenters. The zero-order chi connectivity index (χ0) is 9.82. The van der Waals surface area contributed by atoms with Crippen molar-refractivity contribution in [2.75, 3.05) is 19.6 Å². The van der Waals surface area contributed by atoms with Crippen molar-refractivity contribution in [2.24, 2.45) is 0 Å². The predicted molar refractivity (Wildman–Crippen MR) is 47.8 cm³/mol. The molecule has 0 atom stereocenters. The minimum absolute atomic E-state index is 1.19. The lowest BCUT2D eigenvalue weighted by atomic mass is 10.5. The maximum Gasteiger partial charge on any atom is 0.190 e. The molecule has 1 N–H and O–H groups in total. The van der Waals surface area contributed by atoms with Crippen LogP contribution >= 0.6 is 0 Å². The Morgan fingerprint density at radius 3 is 1.33 bits per heavy atom. The van der Waals surface area contributed by atoms with E-state index in [-0.39, 0.29) is 0 Å². The van der Waals surface area contributed by atoms with Gasteiger partial charge in [0.05, 0.1) is 0 Å². The van der Waals surface area contributed by atoms with E-state index in [1.807, 2.05) is 0 Å². The first-order valence-electron chi connectivity index (χ1n) is 4.02. The van der Waals surface area contributed by atoms with Gasteiger partial charge in [-0.1, -0.05) is 20.8 Å². The zero-order valence-corrected chi connectivity index (χ0v) is 7.96. The number of nitrogens with one attached hydrogen (secondary N) is 1. The molecule has 0 aromatic rings. The quantitative estimate of drug-likeness (QED) is 0.502. The van der Waals surface area contributed by atoms with E-state index in [9.17, 15) is 0 Å². The highest BCUT2D eigenvalue weighted by atomic mass is 15.1. The molecule has 0 radical (unpaired) electrons. The minimum Gasteiger partial charge on any atom is -0.304 e. The van der Waals surface area contributed by atoms with E-state index in [1.165, 1.54) is 32.0 Å². The van der Waals surface area contributed by atoms with Crippen molar-refractivity contribution >= 4 is 0 Å². The van der Waals surface area contributed by atoms with Crippen LogP contribution in [0.1, 0.15) is 20.8 Å². The summed E-state index contributed by atoms with van der Waals surface area (Å²) in [4.78, 5) is 2.38. The molecule has 68 valence electrons. The molecular formula is C8H16N4. The summed E-state index contributed by atoms with van der Waals surface area (Å²) in [5.74, 6) is 0. The highest BCUT2D eigenvalue weighted by molar-refractivity contribution is 4.77. The van der Waals surface area contributed by atoms with Crippen LogP contribution in [-0.2, 0) is 0 Å². The van der Waals surface area contributed by atoms with E-state index in [4.69, 9.17) is 10.5 Å². The molecule has 0 aliphatic heterocycles. The third-order valence-corrected chi connectivity index (χ3v) is 1.45. The second kappa shape index (κ2) is 12.4. The van der Waals surface area contributed by atoms with Crippen LogP contribution in [0.4, 0.5) is 0 Å². The highest BCUT2D eigenvalue weighted by Crippen LogP contribution is 1.81. The molecule has 0 aromatic heterocycles. The largest absolute Gasteiger partial charge is 0.304 e. The first-order chi connectivity index (χ1) is 5.76. The molecule has 4 nitrogen and oxygen atoms in total. The fourth-order valence-corrected chi connectivity index (χ4v) is 0.696. The Balaban J connectivity index is 0. The van der Waals surface area contributed by atoms with Crippen LogP contribution in [0.2, 0.25) is 0 Å². The molecule has 0 fully saturated rings. The van der Waals surface area contributed by atoms with Gasteiger partial charge in [0.1, 0.15) is 0 Å². The van der Waals surface area contributed by atoms with Gasteiger partial charge in [0.2, 0.25) is 0 Å². The number of rotatable bonds is 3. The van der Waals surface area contributed by atoms with Gasteiger partial charge in [-0.25, -0.2) is 5.32 Å². The molecule has 12 heavy (non-hydrogen) atoms. The van der Waals surface area contributed by atoms with E-state index < -0.39 is 0 Å². The van der Waals surface area contributed by atoms with E-state index >= 15 is 0 Å². The van der Waals surface area contributed by atoms with Crippen LogP contribution in [0.3, 0.4) is 0 Å². The van der Waals surface area contributed by atoms with Crippen molar-refractivity contribution in [3.63, 3.8) is 0 Å². The average Bonchev–Trinajstić information content (AvgIpc) is 2.10. The van der Waals surface area contributed by atoms with E-state index in [0.717, 1.165) is 0 Å². The van der Waals surface area contributed by atoms with E-state index in [2.05, 4.69) is 25.7 Å². The summed E-state index contributed by atoms with van der Waals surface area (Å²) in [7, 11) is 0. The second-order valence-corrected chi connectivity index (χ2v) is 1.97. The van der Waals surface area contributed by atoms with Gasteiger partial charge in [-0.2, -0.15) is 10.5 Å². The van der Waals surface area contributed by atoms with Crippen LogP contribution in [0.15, 0.2) is 0 Å². The maximum absolute atomic E-state index is 7.48. The first-order valence-corrected chi connectivity index (χ1v) is 4.02. The third kappa shape index (κ3) is 11.5. The lowest BCUT2D eigenvalue weighted by Gasteiger charge is -2.13. The van der Waals surface area contributed by atoms with Crippen molar-refractivity contribution < 1.29 is 0 Å². The molecule has 4 heteroatoms. The third-order valence-electron chi connectivity index (χ3n) is 1.45. The molecule has 0 aliphatic rings. The van der Waals surface area contributed by atoms with Gasteiger partial charge in [0, 0.05) is 0 Å². The molecule has 0 saturated carbocycles. The summed E-state index contributed by atoms with van der Waals surface area (Å²) in [6.45, 7) is 10.1.